The zero-order chi connectivity index (χ0) is 14.8. The predicted molar refractivity (Wildman–Crippen MR) is 79.4 cm³/mol. The van der Waals surface area contributed by atoms with Gasteiger partial charge < -0.3 is 13.8 Å². The van der Waals surface area contributed by atoms with Gasteiger partial charge in [-0.25, -0.2) is 14.2 Å². The lowest BCUT2D eigenvalue weighted by Gasteiger charge is -1.98. The Morgan fingerprint density at radius 2 is 2.09 bits per heavy atom. The van der Waals surface area contributed by atoms with Crippen LogP contribution in [0.5, 0.6) is 0 Å². The van der Waals surface area contributed by atoms with Gasteiger partial charge in [0.2, 0.25) is 5.71 Å². The van der Waals surface area contributed by atoms with E-state index in [0.717, 1.165) is 0 Å². The molecule has 6 heteroatoms. The van der Waals surface area contributed by atoms with Gasteiger partial charge in [-0.15, -0.1) is 0 Å². The molecule has 0 spiro atoms. The molecule has 0 saturated carbocycles. The molecule has 0 aliphatic heterocycles. The first-order valence-corrected chi connectivity index (χ1v) is 6.63. The number of rotatable bonds is 0. The van der Waals surface area contributed by atoms with Crippen molar-refractivity contribution in [2.45, 2.75) is 0 Å². The predicted octanol–water partition coefficient (Wildman–Crippen LogP) is 3.71. The van der Waals surface area contributed by atoms with Crippen LogP contribution in [0.3, 0.4) is 0 Å². The van der Waals surface area contributed by atoms with Crippen LogP contribution in [0.25, 0.3) is 43.9 Å². The number of nitrogens with zero attached hydrogens (tertiary/aromatic N) is 1. The van der Waals surface area contributed by atoms with Gasteiger partial charge >= 0.3 is 5.63 Å². The summed E-state index contributed by atoms with van der Waals surface area (Å²) in [5.74, 6) is -0.408. The van der Waals surface area contributed by atoms with Crippen LogP contribution in [0.2, 0.25) is 0 Å². The Kier molecular flexibility index (Phi) is 1.95. The maximum absolute atomic E-state index is 14.1. The van der Waals surface area contributed by atoms with Gasteiger partial charge in [0.25, 0.3) is 0 Å². The van der Waals surface area contributed by atoms with E-state index >= 15 is 0 Å². The molecule has 5 aromatic rings. The molecule has 0 aliphatic carbocycles. The minimum atomic E-state index is -0.544. The lowest BCUT2D eigenvalue weighted by Crippen LogP contribution is -1.99. The summed E-state index contributed by atoms with van der Waals surface area (Å²) < 4.78 is 24.8. The minimum Gasteiger partial charge on any atom is -0.463 e. The second-order valence-electron chi connectivity index (χ2n) is 5.06. The van der Waals surface area contributed by atoms with Crippen LogP contribution in [0.15, 0.2) is 50.4 Å². The molecule has 0 radical (unpaired) electrons. The molecular weight excluding hydrogens is 287 g/mol. The number of benzene rings is 1. The SMILES string of the molecule is O=c1oc2ncccc2c2c1[nH]c1cc(F)c3ccoc3c12. The van der Waals surface area contributed by atoms with E-state index < -0.39 is 11.4 Å². The van der Waals surface area contributed by atoms with Crippen LogP contribution in [-0.2, 0) is 0 Å². The topological polar surface area (TPSA) is 72.0 Å². The molecule has 4 aromatic heterocycles. The first-order valence-electron chi connectivity index (χ1n) is 6.63. The average molecular weight is 294 g/mol. The maximum Gasteiger partial charge on any atom is 0.362 e. The second-order valence-corrected chi connectivity index (χ2v) is 5.06. The van der Waals surface area contributed by atoms with Crippen molar-refractivity contribution in [2.75, 3.05) is 0 Å². The van der Waals surface area contributed by atoms with E-state index in [0.29, 0.717) is 32.6 Å². The summed E-state index contributed by atoms with van der Waals surface area (Å²) in [7, 11) is 0. The third-order valence-corrected chi connectivity index (χ3v) is 3.88. The van der Waals surface area contributed by atoms with Crippen LogP contribution in [0.4, 0.5) is 4.39 Å². The maximum atomic E-state index is 14.1. The van der Waals surface area contributed by atoms with Gasteiger partial charge in [0, 0.05) is 17.0 Å². The molecule has 0 bridgehead atoms. The third kappa shape index (κ3) is 1.26. The molecule has 22 heavy (non-hydrogen) atoms. The van der Waals surface area contributed by atoms with Crippen LogP contribution in [0.1, 0.15) is 0 Å². The Hall–Kier alpha value is -3.15. The first-order chi connectivity index (χ1) is 10.7. The first kappa shape index (κ1) is 11.5. The Morgan fingerprint density at radius 3 is 3.00 bits per heavy atom. The molecular formula is C16H7FN2O3. The van der Waals surface area contributed by atoms with Crippen molar-refractivity contribution in [1.29, 1.82) is 0 Å². The molecule has 1 N–H and O–H groups in total. The minimum absolute atomic E-state index is 0.241. The number of halogens is 1. The molecule has 0 amide bonds. The lowest BCUT2D eigenvalue weighted by molar-refractivity contribution is 0.557. The Bertz CT molecular complexity index is 1260. The summed E-state index contributed by atoms with van der Waals surface area (Å²) in [5, 5.41) is 2.34. The number of fused-ring (bicyclic) bond motifs is 7. The van der Waals surface area contributed by atoms with Crippen molar-refractivity contribution in [1.82, 2.24) is 9.97 Å². The van der Waals surface area contributed by atoms with Gasteiger partial charge in [-0.05, 0) is 24.3 Å². The monoisotopic (exact) mass is 294 g/mol. The van der Waals surface area contributed by atoms with Gasteiger partial charge in [-0.2, -0.15) is 0 Å². The summed E-state index contributed by atoms with van der Waals surface area (Å²) in [6.07, 6.45) is 2.98. The molecule has 0 unspecified atom stereocenters. The second kappa shape index (κ2) is 3.73. The van der Waals surface area contributed by atoms with Crippen LogP contribution < -0.4 is 5.63 Å². The van der Waals surface area contributed by atoms with Crippen molar-refractivity contribution in [3.05, 3.63) is 53.0 Å². The van der Waals surface area contributed by atoms with Gasteiger partial charge in [0.1, 0.15) is 16.9 Å². The molecule has 4 heterocycles. The van der Waals surface area contributed by atoms with E-state index in [2.05, 4.69) is 9.97 Å². The number of H-pyrrole nitrogens is 1. The van der Waals surface area contributed by atoms with Crippen molar-refractivity contribution in [3.63, 3.8) is 0 Å². The highest BCUT2D eigenvalue weighted by atomic mass is 19.1. The number of furan rings is 1. The van der Waals surface area contributed by atoms with Crippen LogP contribution in [0, 0.1) is 5.82 Å². The largest absolute Gasteiger partial charge is 0.463 e. The fraction of sp³-hybridized carbons (Fsp3) is 0. The normalized spacial score (nSPS) is 12.0. The number of hydrogen-bond acceptors (Lipinski definition) is 4. The van der Waals surface area contributed by atoms with Crippen molar-refractivity contribution in [3.8, 4) is 0 Å². The summed E-state index contributed by atoms with van der Waals surface area (Å²) >= 11 is 0. The number of aromatic nitrogens is 2. The average Bonchev–Trinajstić information content (AvgIpc) is 3.11. The van der Waals surface area contributed by atoms with E-state index in [-0.39, 0.29) is 11.2 Å². The van der Waals surface area contributed by atoms with Crippen LogP contribution >= 0.6 is 0 Å². The Morgan fingerprint density at radius 1 is 1.18 bits per heavy atom. The fourth-order valence-corrected chi connectivity index (χ4v) is 2.98. The van der Waals surface area contributed by atoms with Crippen molar-refractivity contribution in [2.24, 2.45) is 0 Å². The van der Waals surface area contributed by atoms with Gasteiger partial charge in [-0.1, -0.05) is 0 Å². The molecule has 0 atom stereocenters. The molecule has 0 saturated heterocycles. The highest BCUT2D eigenvalue weighted by Gasteiger charge is 2.19. The van der Waals surface area contributed by atoms with Gasteiger partial charge in [0.15, 0.2) is 0 Å². The Balaban J connectivity index is 2.23. The van der Waals surface area contributed by atoms with Gasteiger partial charge in [-0.3, -0.25) is 0 Å². The van der Waals surface area contributed by atoms with E-state index in [4.69, 9.17) is 8.83 Å². The van der Waals surface area contributed by atoms with Crippen molar-refractivity contribution < 1.29 is 13.2 Å². The molecule has 5 rings (SSSR count). The Labute approximate surface area is 121 Å². The smallest absolute Gasteiger partial charge is 0.362 e. The van der Waals surface area contributed by atoms with E-state index in [1.807, 2.05) is 0 Å². The third-order valence-electron chi connectivity index (χ3n) is 3.88. The number of pyridine rings is 1. The molecule has 1 aromatic carbocycles. The lowest BCUT2D eigenvalue weighted by atomic mass is 10.1. The number of hydrogen-bond donors (Lipinski definition) is 1. The van der Waals surface area contributed by atoms with E-state index in [1.54, 1.807) is 24.4 Å². The quantitative estimate of drug-likeness (QED) is 0.472. The summed E-state index contributed by atoms with van der Waals surface area (Å²) in [6, 6.07) is 6.48. The zero-order valence-electron chi connectivity index (χ0n) is 11.0. The van der Waals surface area contributed by atoms with Crippen LogP contribution in [-0.4, -0.2) is 9.97 Å². The molecule has 106 valence electrons. The number of nitrogens with one attached hydrogen (secondary N) is 1. The molecule has 0 fully saturated rings. The summed E-state index contributed by atoms with van der Waals surface area (Å²) in [6.45, 7) is 0. The summed E-state index contributed by atoms with van der Waals surface area (Å²) in [4.78, 5) is 19.2. The van der Waals surface area contributed by atoms with E-state index in [1.165, 1.54) is 12.3 Å². The molecule has 0 aliphatic rings. The number of aromatic amines is 1. The summed E-state index contributed by atoms with van der Waals surface area (Å²) in [5.41, 5.74) is 0.858. The highest BCUT2D eigenvalue weighted by molar-refractivity contribution is 6.25. The standard InChI is InChI=1S/C16H7FN2O3/c17-9-6-10-12(14-7(9)3-5-21-14)11-8-2-1-4-18-15(8)22-16(20)13(11)19-10/h1-6,19H. The highest BCUT2D eigenvalue weighted by Crippen LogP contribution is 2.36. The fourth-order valence-electron chi connectivity index (χ4n) is 2.98. The van der Waals surface area contributed by atoms with Gasteiger partial charge in [0.05, 0.1) is 22.6 Å². The van der Waals surface area contributed by atoms with Crippen molar-refractivity contribution >= 4 is 43.9 Å². The zero-order valence-corrected chi connectivity index (χ0v) is 11.0. The molecule has 5 nitrogen and oxygen atoms in total. The van der Waals surface area contributed by atoms with E-state index in [9.17, 15) is 9.18 Å².